The topological polar surface area (TPSA) is 58.0 Å². The molecule has 0 aliphatic carbocycles. The second kappa shape index (κ2) is 6.49. The van der Waals surface area contributed by atoms with Crippen LogP contribution in [0.15, 0.2) is 54.9 Å². The van der Waals surface area contributed by atoms with Crippen molar-refractivity contribution < 1.29 is 9.50 Å². The zero-order chi connectivity index (χ0) is 15.4. The highest BCUT2D eigenvalue weighted by molar-refractivity contribution is 5.88. The number of aliphatic hydroxyl groups is 1. The van der Waals surface area contributed by atoms with Gasteiger partial charge in [-0.1, -0.05) is 30.3 Å². The smallest absolute Gasteiger partial charge is 0.137 e. The highest BCUT2D eigenvalue weighted by Crippen LogP contribution is 2.26. The Morgan fingerprint density at radius 3 is 2.68 bits per heavy atom. The minimum Gasteiger partial charge on any atom is -0.396 e. The van der Waals surface area contributed by atoms with Gasteiger partial charge in [0.2, 0.25) is 0 Å². The number of nitrogens with zero attached hydrogens (tertiary/aromatic N) is 2. The van der Waals surface area contributed by atoms with Crippen LogP contribution in [0.2, 0.25) is 0 Å². The number of aliphatic hydroxyl groups excluding tert-OH is 1. The lowest BCUT2D eigenvalue weighted by atomic mass is 10.0. The zero-order valence-electron chi connectivity index (χ0n) is 11.9. The minimum atomic E-state index is -0.330. The number of halogens is 1. The van der Waals surface area contributed by atoms with Gasteiger partial charge in [0.1, 0.15) is 18.0 Å². The van der Waals surface area contributed by atoms with E-state index in [1.54, 1.807) is 6.07 Å². The molecule has 0 aliphatic heterocycles. The predicted octanol–water partition coefficient (Wildman–Crippen LogP) is 3.30. The lowest BCUT2D eigenvalue weighted by Crippen LogP contribution is -2.13. The fraction of sp³-hybridized carbons (Fsp3) is 0.176. The highest BCUT2D eigenvalue weighted by atomic mass is 19.1. The fourth-order valence-electron chi connectivity index (χ4n) is 2.45. The fourth-order valence-corrected chi connectivity index (χ4v) is 2.45. The number of aromatic nitrogens is 2. The summed E-state index contributed by atoms with van der Waals surface area (Å²) < 4.78 is 13.5. The first-order chi connectivity index (χ1) is 10.8. The lowest BCUT2D eigenvalue weighted by Gasteiger charge is -2.19. The Morgan fingerprint density at radius 1 is 1.09 bits per heavy atom. The van der Waals surface area contributed by atoms with E-state index in [-0.39, 0.29) is 18.5 Å². The van der Waals surface area contributed by atoms with E-state index in [0.29, 0.717) is 23.1 Å². The van der Waals surface area contributed by atoms with Gasteiger partial charge < -0.3 is 10.4 Å². The van der Waals surface area contributed by atoms with Crippen LogP contribution >= 0.6 is 0 Å². The zero-order valence-corrected chi connectivity index (χ0v) is 11.9. The van der Waals surface area contributed by atoms with Crippen LogP contribution in [0, 0.1) is 5.82 Å². The van der Waals surface area contributed by atoms with Crippen LogP contribution < -0.4 is 5.32 Å². The van der Waals surface area contributed by atoms with E-state index in [1.165, 1.54) is 18.5 Å². The van der Waals surface area contributed by atoms with E-state index in [4.69, 9.17) is 0 Å². The molecule has 0 spiro atoms. The molecule has 3 aromatic rings. The summed E-state index contributed by atoms with van der Waals surface area (Å²) in [6.45, 7) is 0.0456. The van der Waals surface area contributed by atoms with Crippen LogP contribution in [-0.2, 0) is 0 Å². The summed E-state index contributed by atoms with van der Waals surface area (Å²) >= 11 is 0. The van der Waals surface area contributed by atoms with Crippen LogP contribution in [0.4, 0.5) is 10.2 Å². The molecule has 4 nitrogen and oxygen atoms in total. The van der Waals surface area contributed by atoms with Gasteiger partial charge in [0.05, 0.1) is 11.6 Å². The highest BCUT2D eigenvalue weighted by Gasteiger charge is 2.13. The molecule has 2 N–H and O–H groups in total. The molecule has 0 amide bonds. The molecule has 2 aromatic carbocycles. The molecule has 0 unspecified atom stereocenters. The van der Waals surface area contributed by atoms with Crippen molar-refractivity contribution in [3.8, 4) is 0 Å². The molecule has 1 aromatic heterocycles. The number of rotatable bonds is 5. The maximum Gasteiger partial charge on any atom is 0.137 e. The van der Waals surface area contributed by atoms with Gasteiger partial charge in [0.25, 0.3) is 0 Å². The molecule has 0 aliphatic rings. The van der Waals surface area contributed by atoms with Gasteiger partial charge >= 0.3 is 0 Å². The third-order valence-corrected chi connectivity index (χ3v) is 3.53. The second-order valence-electron chi connectivity index (χ2n) is 5.00. The Labute approximate surface area is 127 Å². The van der Waals surface area contributed by atoms with Gasteiger partial charge in [-0.2, -0.15) is 0 Å². The average molecular weight is 297 g/mol. The molecule has 3 rings (SSSR count). The molecule has 0 bridgehead atoms. The van der Waals surface area contributed by atoms with Crippen molar-refractivity contribution in [2.24, 2.45) is 0 Å². The Hall–Kier alpha value is -2.53. The van der Waals surface area contributed by atoms with E-state index in [2.05, 4.69) is 15.3 Å². The van der Waals surface area contributed by atoms with Gasteiger partial charge in [0, 0.05) is 12.0 Å². The van der Waals surface area contributed by atoms with Crippen molar-refractivity contribution in [3.63, 3.8) is 0 Å². The first-order valence-electron chi connectivity index (χ1n) is 7.10. The Bertz CT molecular complexity index is 764. The van der Waals surface area contributed by atoms with E-state index in [0.717, 1.165) is 5.56 Å². The van der Waals surface area contributed by atoms with Crippen molar-refractivity contribution in [2.75, 3.05) is 11.9 Å². The minimum absolute atomic E-state index is 0.0456. The van der Waals surface area contributed by atoms with Crippen LogP contribution in [-0.4, -0.2) is 21.7 Å². The maximum atomic E-state index is 13.5. The predicted molar refractivity (Wildman–Crippen MR) is 84.0 cm³/mol. The Balaban J connectivity index is 1.98. The molecular formula is C17H16FN3O. The van der Waals surface area contributed by atoms with Crippen molar-refractivity contribution in [1.29, 1.82) is 0 Å². The van der Waals surface area contributed by atoms with Crippen molar-refractivity contribution in [1.82, 2.24) is 9.97 Å². The molecule has 0 fully saturated rings. The van der Waals surface area contributed by atoms with Gasteiger partial charge in [-0.3, -0.25) is 0 Å². The second-order valence-corrected chi connectivity index (χ2v) is 5.00. The molecule has 1 atom stereocenters. The molecule has 0 saturated heterocycles. The molecule has 22 heavy (non-hydrogen) atoms. The Morgan fingerprint density at radius 2 is 1.91 bits per heavy atom. The molecule has 5 heteroatoms. The summed E-state index contributed by atoms with van der Waals surface area (Å²) in [6, 6.07) is 14.1. The largest absolute Gasteiger partial charge is 0.396 e. The SMILES string of the molecule is OCC[C@@H](Nc1ncnc2ccc(F)cc12)c1ccccc1. The monoisotopic (exact) mass is 297 g/mol. The third kappa shape index (κ3) is 3.04. The molecular weight excluding hydrogens is 281 g/mol. The number of nitrogens with one attached hydrogen (secondary N) is 1. The molecule has 0 saturated carbocycles. The number of hydrogen-bond donors (Lipinski definition) is 2. The molecule has 1 heterocycles. The van der Waals surface area contributed by atoms with Crippen molar-refractivity contribution in [3.05, 3.63) is 66.2 Å². The van der Waals surface area contributed by atoms with Crippen molar-refractivity contribution >= 4 is 16.7 Å². The number of fused-ring (bicyclic) bond motifs is 1. The summed E-state index contributed by atoms with van der Waals surface area (Å²) in [6.07, 6.45) is 1.98. The summed E-state index contributed by atoms with van der Waals surface area (Å²) in [5.74, 6) is 0.232. The summed E-state index contributed by atoms with van der Waals surface area (Å²) in [5, 5.41) is 13.2. The van der Waals surface area contributed by atoms with Gasteiger partial charge in [0.15, 0.2) is 0 Å². The average Bonchev–Trinajstić information content (AvgIpc) is 2.56. The Kier molecular flexibility index (Phi) is 4.25. The normalized spacial score (nSPS) is 12.3. The number of benzene rings is 2. The van der Waals surface area contributed by atoms with Crippen LogP contribution in [0.5, 0.6) is 0 Å². The van der Waals surface area contributed by atoms with Crippen LogP contribution in [0.1, 0.15) is 18.0 Å². The van der Waals surface area contributed by atoms with Gasteiger partial charge in [-0.05, 0) is 30.2 Å². The quantitative estimate of drug-likeness (QED) is 0.758. The summed E-state index contributed by atoms with van der Waals surface area (Å²) in [4.78, 5) is 8.37. The standard InChI is InChI=1S/C17H16FN3O/c18-13-6-7-16-14(10-13)17(20-11-19-16)21-15(8-9-22)12-4-2-1-3-5-12/h1-7,10-11,15,22H,8-9H2,(H,19,20,21)/t15-/m1/s1. The van der Waals surface area contributed by atoms with E-state index in [9.17, 15) is 9.50 Å². The maximum absolute atomic E-state index is 13.5. The number of hydrogen-bond acceptors (Lipinski definition) is 4. The first kappa shape index (κ1) is 14.4. The van der Waals surface area contributed by atoms with E-state index < -0.39 is 0 Å². The first-order valence-corrected chi connectivity index (χ1v) is 7.10. The van der Waals surface area contributed by atoms with Crippen LogP contribution in [0.25, 0.3) is 10.9 Å². The number of anilines is 1. The molecule has 0 radical (unpaired) electrons. The lowest BCUT2D eigenvalue weighted by molar-refractivity contribution is 0.280. The summed E-state index contributed by atoms with van der Waals surface area (Å²) in [5.41, 5.74) is 1.72. The van der Waals surface area contributed by atoms with E-state index >= 15 is 0 Å². The van der Waals surface area contributed by atoms with Gasteiger partial charge in [-0.15, -0.1) is 0 Å². The van der Waals surface area contributed by atoms with Crippen molar-refractivity contribution in [2.45, 2.75) is 12.5 Å². The summed E-state index contributed by atoms with van der Waals surface area (Å²) in [7, 11) is 0. The third-order valence-electron chi connectivity index (χ3n) is 3.53. The van der Waals surface area contributed by atoms with Crippen LogP contribution in [0.3, 0.4) is 0 Å². The van der Waals surface area contributed by atoms with Gasteiger partial charge in [-0.25, -0.2) is 14.4 Å². The molecule has 112 valence electrons. The van der Waals surface area contributed by atoms with E-state index in [1.807, 2.05) is 30.3 Å².